The van der Waals surface area contributed by atoms with Gasteiger partial charge in [-0.2, -0.15) is 5.26 Å². The molecule has 88 valence electrons. The molecule has 1 saturated heterocycles. The Balaban J connectivity index is 2.14. The summed E-state index contributed by atoms with van der Waals surface area (Å²) in [6.07, 6.45) is 5.22. The molecule has 0 saturated carbocycles. The summed E-state index contributed by atoms with van der Waals surface area (Å²) in [4.78, 5) is 4.42. The molecule has 0 bridgehead atoms. The maximum Gasteiger partial charge on any atom is 0.147 e. The van der Waals surface area contributed by atoms with Crippen LogP contribution in [0, 0.1) is 11.3 Å². The summed E-state index contributed by atoms with van der Waals surface area (Å²) >= 11 is 6.10. The quantitative estimate of drug-likeness (QED) is 0.718. The number of ether oxygens (including phenoxy) is 1. The zero-order chi connectivity index (χ0) is 11.8. The smallest absolute Gasteiger partial charge is 0.147 e. The fraction of sp³-hybridized carbons (Fsp3) is 0.538. The Morgan fingerprint density at radius 1 is 1.29 bits per heavy atom. The lowest BCUT2D eigenvalue weighted by atomic mass is 10.0. The number of aromatic nitrogens is 1. The molecule has 0 amide bonds. The number of hydrogen-bond donors (Lipinski definition) is 0. The van der Waals surface area contributed by atoms with Gasteiger partial charge in [-0.3, -0.25) is 0 Å². The number of nitrogens with zero attached hydrogens (tertiary/aromatic N) is 2. The maximum absolute atomic E-state index is 9.13. The summed E-state index contributed by atoms with van der Waals surface area (Å²) in [6.45, 7) is 0.804. The first-order chi connectivity index (χ1) is 8.31. The molecule has 3 nitrogen and oxygen atoms in total. The Morgan fingerprint density at radius 2 is 2.12 bits per heavy atom. The van der Waals surface area contributed by atoms with E-state index in [1.165, 1.54) is 5.56 Å². The van der Waals surface area contributed by atoms with E-state index in [0.717, 1.165) is 50.0 Å². The highest BCUT2D eigenvalue weighted by Gasteiger charge is 2.28. The van der Waals surface area contributed by atoms with E-state index in [2.05, 4.69) is 11.1 Å². The van der Waals surface area contributed by atoms with Crippen LogP contribution in [0.3, 0.4) is 0 Å². The van der Waals surface area contributed by atoms with Crippen molar-refractivity contribution < 1.29 is 4.74 Å². The Bertz CT molecular complexity index is 501. The van der Waals surface area contributed by atoms with Gasteiger partial charge in [0.05, 0.1) is 17.4 Å². The molecule has 0 aromatic carbocycles. The number of hydrogen-bond acceptors (Lipinski definition) is 3. The van der Waals surface area contributed by atoms with Gasteiger partial charge in [-0.1, -0.05) is 11.6 Å². The maximum atomic E-state index is 9.13. The van der Waals surface area contributed by atoms with Crippen molar-refractivity contribution in [1.82, 2.24) is 4.98 Å². The third-order valence-electron chi connectivity index (χ3n) is 3.60. The van der Waals surface area contributed by atoms with E-state index in [4.69, 9.17) is 21.6 Å². The second-order valence-corrected chi connectivity index (χ2v) is 4.94. The molecule has 0 radical (unpaired) electrons. The molecule has 1 aromatic heterocycles. The van der Waals surface area contributed by atoms with E-state index in [-0.39, 0.29) is 6.10 Å². The monoisotopic (exact) mass is 248 g/mol. The van der Waals surface area contributed by atoms with Gasteiger partial charge in [-0.05, 0) is 43.2 Å². The van der Waals surface area contributed by atoms with Gasteiger partial charge in [0.25, 0.3) is 0 Å². The molecule has 0 N–H and O–H groups in total. The van der Waals surface area contributed by atoms with Gasteiger partial charge in [0.2, 0.25) is 0 Å². The molecule has 1 aromatic rings. The average Bonchev–Trinajstić information content (AvgIpc) is 2.99. The average molecular weight is 249 g/mol. The van der Waals surface area contributed by atoms with Gasteiger partial charge in [-0.25, -0.2) is 4.98 Å². The first kappa shape index (κ1) is 11.0. The molecule has 0 unspecified atom stereocenters. The summed E-state index contributed by atoms with van der Waals surface area (Å²) in [7, 11) is 0. The summed E-state index contributed by atoms with van der Waals surface area (Å²) < 4.78 is 5.69. The van der Waals surface area contributed by atoms with Crippen LogP contribution in [0.5, 0.6) is 0 Å². The normalized spacial score (nSPS) is 22.5. The minimum Gasteiger partial charge on any atom is -0.372 e. The molecule has 1 fully saturated rings. The lowest BCUT2D eigenvalue weighted by molar-refractivity contribution is 0.108. The van der Waals surface area contributed by atoms with E-state index in [0.29, 0.717) is 10.7 Å². The number of fused-ring (bicyclic) bond motifs is 1. The minimum atomic E-state index is 0.0899. The molecule has 0 spiro atoms. The van der Waals surface area contributed by atoms with E-state index in [9.17, 15) is 0 Å². The van der Waals surface area contributed by atoms with E-state index >= 15 is 0 Å². The predicted molar refractivity (Wildman–Crippen MR) is 63.9 cm³/mol. The topological polar surface area (TPSA) is 45.9 Å². The van der Waals surface area contributed by atoms with Crippen molar-refractivity contribution in [3.8, 4) is 6.07 Å². The summed E-state index contributed by atoms with van der Waals surface area (Å²) in [5, 5.41) is 9.48. The molecule has 1 atom stereocenters. The van der Waals surface area contributed by atoms with Gasteiger partial charge < -0.3 is 4.74 Å². The van der Waals surface area contributed by atoms with Gasteiger partial charge in [0, 0.05) is 6.61 Å². The van der Waals surface area contributed by atoms with Crippen LogP contribution >= 0.6 is 11.6 Å². The van der Waals surface area contributed by atoms with Crippen molar-refractivity contribution in [3.63, 3.8) is 0 Å². The van der Waals surface area contributed by atoms with Crippen LogP contribution in [-0.4, -0.2) is 11.6 Å². The molecule has 3 rings (SSSR count). The SMILES string of the molecule is N#Cc1c(Cl)nc([C@H]2CCCO2)c2c1CCC2. The zero-order valence-electron chi connectivity index (χ0n) is 9.50. The van der Waals surface area contributed by atoms with Gasteiger partial charge in [0.1, 0.15) is 11.2 Å². The fourth-order valence-corrected chi connectivity index (χ4v) is 3.08. The standard InChI is InChI=1S/C13H13ClN2O/c14-13-10(7-15)8-3-1-4-9(8)12(16-13)11-5-2-6-17-11/h11H,1-6H2/t11-/m1/s1. The van der Waals surface area contributed by atoms with Crippen LogP contribution in [0.25, 0.3) is 0 Å². The Labute approximate surface area is 105 Å². The van der Waals surface area contributed by atoms with E-state index < -0.39 is 0 Å². The fourth-order valence-electron chi connectivity index (χ4n) is 2.83. The number of nitriles is 1. The van der Waals surface area contributed by atoms with E-state index in [1.54, 1.807) is 0 Å². The van der Waals surface area contributed by atoms with Crippen LogP contribution in [-0.2, 0) is 17.6 Å². The first-order valence-corrected chi connectivity index (χ1v) is 6.42. The summed E-state index contributed by atoms with van der Waals surface area (Å²) in [5.74, 6) is 0. The highest BCUT2D eigenvalue weighted by atomic mass is 35.5. The van der Waals surface area contributed by atoms with E-state index in [1.807, 2.05) is 0 Å². The molecule has 2 heterocycles. The minimum absolute atomic E-state index is 0.0899. The van der Waals surface area contributed by atoms with Crippen molar-refractivity contribution in [2.75, 3.05) is 6.61 Å². The van der Waals surface area contributed by atoms with Crippen LogP contribution in [0.2, 0.25) is 5.15 Å². The van der Waals surface area contributed by atoms with Crippen molar-refractivity contribution >= 4 is 11.6 Å². The second-order valence-electron chi connectivity index (χ2n) is 4.59. The summed E-state index contributed by atoms with van der Waals surface area (Å²) in [5.41, 5.74) is 3.88. The van der Waals surface area contributed by atoms with Crippen LogP contribution in [0.4, 0.5) is 0 Å². The highest BCUT2D eigenvalue weighted by molar-refractivity contribution is 6.30. The Morgan fingerprint density at radius 3 is 2.82 bits per heavy atom. The van der Waals surface area contributed by atoms with Gasteiger partial charge in [0.15, 0.2) is 0 Å². The zero-order valence-corrected chi connectivity index (χ0v) is 10.3. The molecule has 2 aliphatic rings. The first-order valence-electron chi connectivity index (χ1n) is 6.04. The highest BCUT2D eigenvalue weighted by Crippen LogP contribution is 2.37. The van der Waals surface area contributed by atoms with Gasteiger partial charge >= 0.3 is 0 Å². The van der Waals surface area contributed by atoms with Crippen molar-refractivity contribution in [2.24, 2.45) is 0 Å². The largest absolute Gasteiger partial charge is 0.372 e. The predicted octanol–water partition coefficient (Wildman–Crippen LogP) is 2.95. The number of halogens is 1. The Kier molecular flexibility index (Phi) is 2.78. The molecule has 4 heteroatoms. The number of rotatable bonds is 1. The third-order valence-corrected chi connectivity index (χ3v) is 3.87. The van der Waals surface area contributed by atoms with Crippen LogP contribution < -0.4 is 0 Å². The lowest BCUT2D eigenvalue weighted by Gasteiger charge is -2.15. The lowest BCUT2D eigenvalue weighted by Crippen LogP contribution is -2.07. The second kappa shape index (κ2) is 4.29. The van der Waals surface area contributed by atoms with Gasteiger partial charge in [-0.15, -0.1) is 0 Å². The third kappa shape index (κ3) is 1.72. The molecule has 1 aliphatic carbocycles. The molecular formula is C13H13ClN2O. The number of pyridine rings is 1. The Hall–Kier alpha value is -1.11. The van der Waals surface area contributed by atoms with Crippen LogP contribution in [0.15, 0.2) is 0 Å². The van der Waals surface area contributed by atoms with Crippen molar-refractivity contribution in [2.45, 2.75) is 38.2 Å². The molecule has 1 aliphatic heterocycles. The van der Waals surface area contributed by atoms with Crippen molar-refractivity contribution in [1.29, 1.82) is 5.26 Å². The molecular weight excluding hydrogens is 236 g/mol. The van der Waals surface area contributed by atoms with Crippen molar-refractivity contribution in [3.05, 3.63) is 27.5 Å². The van der Waals surface area contributed by atoms with Crippen LogP contribution in [0.1, 0.15) is 47.8 Å². The summed E-state index contributed by atoms with van der Waals surface area (Å²) in [6, 6.07) is 2.18. The molecule has 17 heavy (non-hydrogen) atoms.